The fourth-order valence-electron chi connectivity index (χ4n) is 1.96. The predicted octanol–water partition coefficient (Wildman–Crippen LogP) is 1.41. The van der Waals surface area contributed by atoms with Crippen LogP contribution in [0.15, 0.2) is 12.4 Å². The maximum absolute atomic E-state index is 11.8. The summed E-state index contributed by atoms with van der Waals surface area (Å²) in [7, 11) is 1.95. The molecule has 0 spiro atoms. The van der Waals surface area contributed by atoms with Crippen LogP contribution in [0.2, 0.25) is 0 Å². The molecule has 1 N–H and O–H groups in total. The molecule has 0 radical (unpaired) electrons. The molecule has 1 aliphatic rings. The number of ether oxygens (including phenoxy) is 1. The molecule has 0 aromatic carbocycles. The fourth-order valence-corrected chi connectivity index (χ4v) is 1.96. The van der Waals surface area contributed by atoms with Crippen LogP contribution in [-0.2, 0) is 16.6 Å². The summed E-state index contributed by atoms with van der Waals surface area (Å²) in [5.41, 5.74) is 0. The second kappa shape index (κ2) is 5.52. The molecule has 18 heavy (non-hydrogen) atoms. The van der Waals surface area contributed by atoms with Gasteiger partial charge in [0.25, 0.3) is 0 Å². The molecule has 1 aromatic rings. The summed E-state index contributed by atoms with van der Waals surface area (Å²) >= 11 is 0. The van der Waals surface area contributed by atoms with E-state index in [-0.39, 0.29) is 24.7 Å². The molecule has 1 amide bonds. The molecule has 1 unspecified atom stereocenters. The van der Waals surface area contributed by atoms with E-state index in [1.807, 2.05) is 31.7 Å². The van der Waals surface area contributed by atoms with Crippen molar-refractivity contribution in [2.75, 3.05) is 6.61 Å². The van der Waals surface area contributed by atoms with Crippen LogP contribution in [0, 0.1) is 5.92 Å². The Morgan fingerprint density at radius 2 is 2.33 bits per heavy atom. The van der Waals surface area contributed by atoms with Gasteiger partial charge in [-0.25, -0.2) is 4.98 Å². The molecule has 1 saturated carbocycles. The minimum atomic E-state index is -0.0661. The first kappa shape index (κ1) is 13.1. The van der Waals surface area contributed by atoms with E-state index < -0.39 is 0 Å². The number of aryl methyl sites for hydroxylation is 1. The van der Waals surface area contributed by atoms with Gasteiger partial charge in [0, 0.05) is 19.4 Å². The molecule has 0 saturated heterocycles. The van der Waals surface area contributed by atoms with E-state index >= 15 is 0 Å². The number of carbonyl (C=O) groups excluding carboxylic acids is 1. The van der Waals surface area contributed by atoms with Crippen molar-refractivity contribution in [1.29, 1.82) is 0 Å². The summed E-state index contributed by atoms with van der Waals surface area (Å²) in [6.45, 7) is 3.96. The third-order valence-electron chi connectivity index (χ3n) is 3.09. The second-order valence-electron chi connectivity index (χ2n) is 5.14. The maximum atomic E-state index is 11.8. The van der Waals surface area contributed by atoms with Gasteiger partial charge in [0.05, 0.1) is 12.1 Å². The average Bonchev–Trinajstić information content (AvgIpc) is 3.07. The number of rotatable bonds is 6. The Labute approximate surface area is 108 Å². The first-order valence-electron chi connectivity index (χ1n) is 6.46. The minimum absolute atomic E-state index is 0.0215. The maximum Gasteiger partial charge on any atom is 0.246 e. The van der Waals surface area contributed by atoms with E-state index in [9.17, 15) is 4.79 Å². The number of imidazole rings is 1. The van der Waals surface area contributed by atoms with Crippen molar-refractivity contribution >= 4 is 5.91 Å². The SMILES string of the molecule is CC(C)OCC(=O)NC(c1nccn1C)C1CC1. The summed E-state index contributed by atoms with van der Waals surface area (Å²) in [6.07, 6.45) is 6.05. The number of aromatic nitrogens is 2. The molecule has 100 valence electrons. The van der Waals surface area contributed by atoms with Crippen LogP contribution >= 0.6 is 0 Å². The second-order valence-corrected chi connectivity index (χ2v) is 5.14. The van der Waals surface area contributed by atoms with Crippen LogP contribution in [0.3, 0.4) is 0 Å². The van der Waals surface area contributed by atoms with Gasteiger partial charge in [-0.3, -0.25) is 4.79 Å². The molecule has 1 fully saturated rings. The Balaban J connectivity index is 1.95. The first-order valence-corrected chi connectivity index (χ1v) is 6.46. The Kier molecular flexibility index (Phi) is 4.01. The quantitative estimate of drug-likeness (QED) is 0.831. The van der Waals surface area contributed by atoms with Gasteiger partial charge in [-0.05, 0) is 32.6 Å². The summed E-state index contributed by atoms with van der Waals surface area (Å²) < 4.78 is 7.28. The van der Waals surface area contributed by atoms with Gasteiger partial charge in [0.2, 0.25) is 5.91 Å². The number of amides is 1. The normalized spacial score (nSPS) is 16.9. The van der Waals surface area contributed by atoms with Crippen molar-refractivity contribution in [2.45, 2.75) is 38.8 Å². The zero-order valence-corrected chi connectivity index (χ0v) is 11.2. The van der Waals surface area contributed by atoms with Crippen molar-refractivity contribution in [3.8, 4) is 0 Å². The molecule has 0 bridgehead atoms. The van der Waals surface area contributed by atoms with Gasteiger partial charge >= 0.3 is 0 Å². The summed E-state index contributed by atoms with van der Waals surface area (Å²) in [6, 6.07) is 0.0215. The third kappa shape index (κ3) is 3.32. The Morgan fingerprint density at radius 1 is 1.61 bits per heavy atom. The molecule has 1 aromatic heterocycles. The van der Waals surface area contributed by atoms with Gasteiger partial charge < -0.3 is 14.6 Å². The molecule has 1 heterocycles. The number of hydrogen-bond acceptors (Lipinski definition) is 3. The highest BCUT2D eigenvalue weighted by Gasteiger charge is 2.35. The van der Waals surface area contributed by atoms with E-state index in [4.69, 9.17) is 4.74 Å². The van der Waals surface area contributed by atoms with Crippen molar-refractivity contribution in [3.63, 3.8) is 0 Å². The lowest BCUT2D eigenvalue weighted by molar-refractivity contribution is -0.128. The average molecular weight is 251 g/mol. The predicted molar refractivity (Wildman–Crippen MR) is 67.9 cm³/mol. The van der Waals surface area contributed by atoms with Crippen molar-refractivity contribution in [1.82, 2.24) is 14.9 Å². The lowest BCUT2D eigenvalue weighted by Gasteiger charge is -2.18. The summed E-state index contributed by atoms with van der Waals surface area (Å²) in [4.78, 5) is 16.2. The number of carbonyl (C=O) groups is 1. The molecular weight excluding hydrogens is 230 g/mol. The van der Waals surface area contributed by atoms with Crippen LogP contribution in [0.5, 0.6) is 0 Å². The Bertz CT molecular complexity index is 410. The summed E-state index contributed by atoms with van der Waals surface area (Å²) in [5, 5.41) is 3.03. The highest BCUT2D eigenvalue weighted by atomic mass is 16.5. The lowest BCUT2D eigenvalue weighted by atomic mass is 10.1. The third-order valence-corrected chi connectivity index (χ3v) is 3.09. The minimum Gasteiger partial charge on any atom is -0.369 e. The lowest BCUT2D eigenvalue weighted by Crippen LogP contribution is -2.34. The smallest absolute Gasteiger partial charge is 0.246 e. The van der Waals surface area contributed by atoms with Gasteiger partial charge in [0.1, 0.15) is 12.4 Å². The Morgan fingerprint density at radius 3 is 2.83 bits per heavy atom. The van der Waals surface area contributed by atoms with Crippen LogP contribution in [0.4, 0.5) is 0 Å². The van der Waals surface area contributed by atoms with Crippen molar-refractivity contribution < 1.29 is 9.53 Å². The van der Waals surface area contributed by atoms with Crippen LogP contribution in [-0.4, -0.2) is 28.2 Å². The van der Waals surface area contributed by atoms with E-state index in [1.165, 1.54) is 0 Å². The van der Waals surface area contributed by atoms with Crippen molar-refractivity contribution in [3.05, 3.63) is 18.2 Å². The summed E-state index contributed by atoms with van der Waals surface area (Å²) in [5.74, 6) is 1.38. The zero-order chi connectivity index (χ0) is 13.1. The van der Waals surface area contributed by atoms with Crippen LogP contribution in [0.25, 0.3) is 0 Å². The van der Waals surface area contributed by atoms with Crippen molar-refractivity contribution in [2.24, 2.45) is 13.0 Å². The van der Waals surface area contributed by atoms with Gasteiger partial charge in [-0.15, -0.1) is 0 Å². The van der Waals surface area contributed by atoms with Gasteiger partial charge in [-0.1, -0.05) is 0 Å². The van der Waals surface area contributed by atoms with Gasteiger partial charge in [0.15, 0.2) is 0 Å². The number of hydrogen-bond donors (Lipinski definition) is 1. The number of nitrogens with one attached hydrogen (secondary N) is 1. The fraction of sp³-hybridized carbons (Fsp3) is 0.692. The molecular formula is C13H21N3O2. The van der Waals surface area contributed by atoms with E-state index in [2.05, 4.69) is 10.3 Å². The highest BCUT2D eigenvalue weighted by Crippen LogP contribution is 2.40. The molecule has 1 aliphatic carbocycles. The molecule has 1 atom stereocenters. The molecule has 2 rings (SSSR count). The van der Waals surface area contributed by atoms with Gasteiger partial charge in [-0.2, -0.15) is 0 Å². The zero-order valence-electron chi connectivity index (χ0n) is 11.2. The largest absolute Gasteiger partial charge is 0.369 e. The van der Waals surface area contributed by atoms with E-state index in [1.54, 1.807) is 6.20 Å². The molecule has 5 nitrogen and oxygen atoms in total. The topological polar surface area (TPSA) is 56.1 Å². The van der Waals surface area contributed by atoms with Crippen LogP contribution in [0.1, 0.15) is 38.6 Å². The monoisotopic (exact) mass is 251 g/mol. The first-order chi connectivity index (χ1) is 8.58. The highest BCUT2D eigenvalue weighted by molar-refractivity contribution is 5.77. The van der Waals surface area contributed by atoms with E-state index in [0.29, 0.717) is 5.92 Å². The van der Waals surface area contributed by atoms with E-state index in [0.717, 1.165) is 18.7 Å². The number of nitrogens with zero attached hydrogens (tertiary/aromatic N) is 2. The Hall–Kier alpha value is -1.36. The molecule has 0 aliphatic heterocycles. The van der Waals surface area contributed by atoms with Crippen LogP contribution < -0.4 is 5.32 Å². The molecule has 5 heteroatoms. The standard InChI is InChI=1S/C13H21N3O2/c1-9(2)18-8-11(17)15-12(10-4-5-10)13-14-6-7-16(13)3/h6-7,9-10,12H,4-5,8H2,1-3H3,(H,15,17).